The topological polar surface area (TPSA) is 78.4 Å². The van der Waals surface area contributed by atoms with Crippen molar-refractivity contribution < 1.29 is 19.2 Å². The second-order valence-electron chi connectivity index (χ2n) is 8.02. The monoisotopic (exact) mass is 446 g/mol. The van der Waals surface area contributed by atoms with Crippen LogP contribution in [0.25, 0.3) is 0 Å². The first kappa shape index (κ1) is 21.2. The molecule has 0 radical (unpaired) electrons. The van der Waals surface area contributed by atoms with Gasteiger partial charge in [-0.05, 0) is 30.5 Å². The third-order valence-electron chi connectivity index (χ3n) is 6.53. The van der Waals surface area contributed by atoms with E-state index in [0.717, 1.165) is 16.0 Å². The number of anilines is 1. The van der Waals surface area contributed by atoms with E-state index >= 15 is 0 Å². The highest BCUT2D eigenvalue weighted by molar-refractivity contribution is 7.98. The molecule has 1 fully saturated rings. The number of nitrogens with zero attached hydrogens (tertiary/aromatic N) is 1. The number of fused-ring (bicyclic) bond motifs is 1. The number of halogens is 1. The van der Waals surface area contributed by atoms with Crippen molar-refractivity contribution in [3.8, 4) is 0 Å². The van der Waals surface area contributed by atoms with E-state index in [2.05, 4.69) is 10.6 Å². The van der Waals surface area contributed by atoms with E-state index in [1.807, 2.05) is 37.6 Å². The molecule has 2 aliphatic rings. The van der Waals surface area contributed by atoms with E-state index in [4.69, 9.17) is 11.6 Å². The third-order valence-corrected chi connectivity index (χ3v) is 7.56. The molecule has 0 aromatic heterocycles. The minimum Gasteiger partial charge on any atom is -0.387 e. The van der Waals surface area contributed by atoms with Crippen molar-refractivity contribution in [2.75, 3.05) is 32.2 Å². The van der Waals surface area contributed by atoms with E-state index < -0.39 is 17.7 Å². The standard InChI is InChI=1S/C22H24ClN3O3S/c1-24-20(28)18-11-14(27)12-26(18,2)22(15-6-4-5-7-19(15)30-3)16-10-13(23)8-9-17(16)25-21(22)29/h4-10,14,18,27H,11-12H2,1-3H3,(H-,24,25,28,29)/p+1/t14-,18+,22?,26?/m1/s1. The van der Waals surface area contributed by atoms with Gasteiger partial charge in [0.25, 0.3) is 11.8 Å². The summed E-state index contributed by atoms with van der Waals surface area (Å²) >= 11 is 7.94. The summed E-state index contributed by atoms with van der Waals surface area (Å²) in [7, 11) is 3.47. The predicted octanol–water partition coefficient (Wildman–Crippen LogP) is 2.58. The number of hydrogen-bond acceptors (Lipinski definition) is 4. The molecule has 6 nitrogen and oxygen atoms in total. The van der Waals surface area contributed by atoms with E-state index in [1.54, 1.807) is 37.0 Å². The Morgan fingerprint density at radius 2 is 2.03 bits per heavy atom. The first-order valence-corrected chi connectivity index (χ1v) is 11.4. The molecule has 158 valence electrons. The van der Waals surface area contributed by atoms with Gasteiger partial charge in [-0.15, -0.1) is 11.8 Å². The Labute approximate surface area is 185 Å². The fourth-order valence-corrected chi connectivity index (χ4v) is 6.11. The molecule has 8 heteroatoms. The minimum absolute atomic E-state index is 0.0323. The van der Waals surface area contributed by atoms with Crippen molar-refractivity contribution in [3.05, 3.63) is 58.6 Å². The van der Waals surface area contributed by atoms with E-state index in [9.17, 15) is 14.7 Å². The summed E-state index contributed by atoms with van der Waals surface area (Å²) in [5.41, 5.74) is 0.985. The Balaban J connectivity index is 2.11. The lowest BCUT2D eigenvalue weighted by Gasteiger charge is -2.48. The summed E-state index contributed by atoms with van der Waals surface area (Å²) in [6, 6.07) is 12.5. The average molecular weight is 447 g/mol. The Morgan fingerprint density at radius 1 is 1.30 bits per heavy atom. The molecule has 1 saturated heterocycles. The fraction of sp³-hybridized carbons (Fsp3) is 0.364. The van der Waals surface area contributed by atoms with Crippen LogP contribution in [0.4, 0.5) is 5.69 Å². The van der Waals surface area contributed by atoms with Gasteiger partial charge in [0.05, 0.1) is 18.3 Å². The Hall–Kier alpha value is -2.06. The van der Waals surface area contributed by atoms with Crippen molar-refractivity contribution in [3.63, 3.8) is 0 Å². The van der Waals surface area contributed by atoms with Crippen molar-refractivity contribution in [1.29, 1.82) is 0 Å². The summed E-state index contributed by atoms with van der Waals surface area (Å²) in [4.78, 5) is 27.8. The molecule has 2 aromatic carbocycles. The first-order valence-electron chi connectivity index (χ1n) is 9.79. The van der Waals surface area contributed by atoms with Crippen LogP contribution < -0.4 is 10.6 Å². The number of carbonyl (C=O) groups is 2. The molecule has 2 unspecified atom stereocenters. The number of hydrogen-bond donors (Lipinski definition) is 3. The number of likely N-dealkylation sites (N-methyl/N-ethyl adjacent to an activating group) is 2. The lowest BCUT2D eigenvalue weighted by molar-refractivity contribution is -0.953. The zero-order chi connectivity index (χ0) is 21.7. The number of nitrogens with one attached hydrogen (secondary N) is 2. The quantitative estimate of drug-likeness (QED) is 0.498. The molecular weight excluding hydrogens is 422 g/mol. The van der Waals surface area contributed by atoms with E-state index in [0.29, 0.717) is 10.7 Å². The van der Waals surface area contributed by atoms with Crippen molar-refractivity contribution in [1.82, 2.24) is 5.32 Å². The molecule has 0 bridgehead atoms. The number of amides is 2. The third kappa shape index (κ3) is 2.80. The van der Waals surface area contributed by atoms with E-state index in [1.165, 1.54) is 0 Å². The molecule has 2 aromatic rings. The van der Waals surface area contributed by atoms with Gasteiger partial charge in [-0.3, -0.25) is 14.1 Å². The molecular formula is C22H25ClN3O3S+. The lowest BCUT2D eigenvalue weighted by Crippen LogP contribution is -2.68. The second-order valence-corrected chi connectivity index (χ2v) is 9.31. The number of rotatable bonds is 4. The van der Waals surface area contributed by atoms with Crippen LogP contribution >= 0.6 is 23.4 Å². The van der Waals surface area contributed by atoms with Crippen LogP contribution in [0, 0.1) is 0 Å². The number of benzene rings is 2. The highest BCUT2D eigenvalue weighted by atomic mass is 35.5. The largest absolute Gasteiger partial charge is 0.387 e. The normalized spacial score (nSPS) is 30.1. The van der Waals surface area contributed by atoms with Gasteiger partial charge in [-0.2, -0.15) is 0 Å². The molecule has 2 amide bonds. The van der Waals surface area contributed by atoms with Gasteiger partial charge in [0.15, 0.2) is 6.04 Å². The highest BCUT2D eigenvalue weighted by Gasteiger charge is 2.68. The molecule has 4 atom stereocenters. The zero-order valence-electron chi connectivity index (χ0n) is 17.1. The van der Waals surface area contributed by atoms with E-state index in [-0.39, 0.29) is 29.3 Å². The summed E-state index contributed by atoms with van der Waals surface area (Å²) < 4.78 is 0.0323. The smallest absolute Gasteiger partial charge is 0.295 e. The molecule has 0 saturated carbocycles. The summed E-state index contributed by atoms with van der Waals surface area (Å²) in [5.74, 6) is -0.412. The van der Waals surface area contributed by atoms with Crippen molar-refractivity contribution in [2.45, 2.75) is 29.0 Å². The Bertz CT molecular complexity index is 1030. The van der Waals surface area contributed by atoms with Crippen LogP contribution in [-0.2, 0) is 15.1 Å². The second kappa shape index (κ2) is 7.57. The number of carbonyl (C=O) groups excluding carboxylic acids is 2. The molecule has 30 heavy (non-hydrogen) atoms. The first-order chi connectivity index (χ1) is 14.3. The van der Waals surface area contributed by atoms with Crippen LogP contribution in [-0.4, -0.2) is 60.4 Å². The Kier molecular flexibility index (Phi) is 5.34. The minimum atomic E-state index is -1.23. The van der Waals surface area contributed by atoms with Crippen LogP contribution in [0.1, 0.15) is 17.5 Å². The van der Waals surface area contributed by atoms with Gasteiger partial charge in [0.2, 0.25) is 5.54 Å². The number of aliphatic hydroxyl groups is 1. The maximum absolute atomic E-state index is 13.9. The number of quaternary nitrogens is 1. The van der Waals surface area contributed by atoms with Gasteiger partial charge in [0, 0.05) is 29.0 Å². The molecule has 4 rings (SSSR count). The van der Waals surface area contributed by atoms with Crippen molar-refractivity contribution in [2.24, 2.45) is 0 Å². The number of likely N-dealkylation sites (tertiary alicyclic amines) is 1. The van der Waals surface area contributed by atoms with Gasteiger partial charge in [-0.25, -0.2) is 0 Å². The van der Waals surface area contributed by atoms with Crippen LogP contribution in [0.2, 0.25) is 5.02 Å². The highest BCUT2D eigenvalue weighted by Crippen LogP contribution is 2.54. The maximum atomic E-state index is 13.9. The molecule has 3 N–H and O–H groups in total. The molecule has 0 spiro atoms. The summed E-state index contributed by atoms with van der Waals surface area (Å²) in [6.45, 7) is 0.264. The predicted molar refractivity (Wildman–Crippen MR) is 119 cm³/mol. The van der Waals surface area contributed by atoms with Gasteiger partial charge in [-0.1, -0.05) is 29.8 Å². The maximum Gasteiger partial charge on any atom is 0.295 e. The number of thioether (sulfide) groups is 1. The Morgan fingerprint density at radius 3 is 2.73 bits per heavy atom. The van der Waals surface area contributed by atoms with Crippen LogP contribution in [0.3, 0.4) is 0 Å². The van der Waals surface area contributed by atoms with Crippen LogP contribution in [0.5, 0.6) is 0 Å². The van der Waals surface area contributed by atoms with Crippen molar-refractivity contribution >= 4 is 40.9 Å². The zero-order valence-corrected chi connectivity index (χ0v) is 18.7. The SMILES string of the molecule is CNC(=O)[C@@H]1C[C@@H](O)C[N+]1(C)C1(c2ccccc2SC)C(=O)Nc2ccc(Cl)cc21. The fourth-order valence-electron chi connectivity index (χ4n) is 5.29. The van der Waals surface area contributed by atoms with Gasteiger partial charge >= 0.3 is 0 Å². The summed E-state index contributed by atoms with van der Waals surface area (Å²) in [5, 5.41) is 16.9. The molecule has 0 aliphatic carbocycles. The lowest BCUT2D eigenvalue weighted by atomic mass is 9.79. The average Bonchev–Trinajstić information content (AvgIpc) is 3.20. The van der Waals surface area contributed by atoms with Gasteiger partial charge in [0.1, 0.15) is 12.6 Å². The number of aliphatic hydroxyl groups excluding tert-OH is 1. The van der Waals surface area contributed by atoms with Gasteiger partial charge < -0.3 is 15.7 Å². The molecule has 2 heterocycles. The molecule has 2 aliphatic heterocycles. The van der Waals surface area contributed by atoms with Crippen LogP contribution in [0.15, 0.2) is 47.4 Å². The summed E-state index contributed by atoms with van der Waals surface area (Å²) in [6.07, 6.45) is 1.54.